The van der Waals surface area contributed by atoms with Crippen molar-refractivity contribution in [3.8, 4) is 6.01 Å². The molecule has 0 radical (unpaired) electrons. The quantitative estimate of drug-likeness (QED) is 0.733. The second-order valence-electron chi connectivity index (χ2n) is 5.34. The number of rotatable bonds is 8. The van der Waals surface area contributed by atoms with Gasteiger partial charge in [0.05, 0.1) is 6.61 Å². The lowest BCUT2D eigenvalue weighted by Crippen LogP contribution is -2.20. The van der Waals surface area contributed by atoms with Crippen LogP contribution in [0.1, 0.15) is 38.4 Å². The number of nitrogens with zero attached hydrogens (tertiary/aromatic N) is 2. The molecule has 1 heterocycles. The molecule has 0 atom stereocenters. The van der Waals surface area contributed by atoms with Gasteiger partial charge in [0.25, 0.3) is 0 Å². The lowest BCUT2D eigenvalue weighted by atomic mass is 10.2. The van der Waals surface area contributed by atoms with Crippen LogP contribution in [0, 0.1) is 12.8 Å². The summed E-state index contributed by atoms with van der Waals surface area (Å²) in [5, 5.41) is 3.39. The molecule has 0 unspecified atom stereocenters. The van der Waals surface area contributed by atoms with E-state index in [0.29, 0.717) is 18.5 Å². The highest BCUT2D eigenvalue weighted by atomic mass is 16.5. The van der Waals surface area contributed by atoms with E-state index in [1.165, 1.54) is 0 Å². The van der Waals surface area contributed by atoms with Gasteiger partial charge in [-0.3, -0.25) is 0 Å². The van der Waals surface area contributed by atoms with Gasteiger partial charge in [0.1, 0.15) is 0 Å². The van der Waals surface area contributed by atoms with Gasteiger partial charge in [0.2, 0.25) is 0 Å². The Hall–Kier alpha value is -1.42. The molecule has 1 rings (SSSR count). The molecule has 1 aromatic rings. The van der Waals surface area contributed by atoms with Gasteiger partial charge in [-0.15, -0.1) is 6.58 Å². The van der Waals surface area contributed by atoms with E-state index in [4.69, 9.17) is 4.74 Å². The predicted octanol–water partition coefficient (Wildman–Crippen LogP) is 2.88. The molecule has 0 saturated carbocycles. The third-order valence-electron chi connectivity index (χ3n) is 2.69. The van der Waals surface area contributed by atoms with Crippen molar-refractivity contribution in [2.24, 2.45) is 5.92 Å². The summed E-state index contributed by atoms with van der Waals surface area (Å²) in [4.78, 5) is 8.60. The van der Waals surface area contributed by atoms with Crippen LogP contribution in [-0.4, -0.2) is 23.1 Å². The van der Waals surface area contributed by atoms with Crippen molar-refractivity contribution >= 4 is 0 Å². The van der Waals surface area contributed by atoms with Gasteiger partial charge in [0, 0.05) is 30.4 Å². The average molecular weight is 263 g/mol. The smallest absolute Gasteiger partial charge is 0.316 e. The fraction of sp³-hybridized carbons (Fsp3) is 0.600. The van der Waals surface area contributed by atoms with Gasteiger partial charge < -0.3 is 10.1 Å². The molecular formula is C15H25N3O. The van der Waals surface area contributed by atoms with Gasteiger partial charge in [-0.25, -0.2) is 9.97 Å². The molecule has 0 aliphatic heterocycles. The molecule has 0 saturated heterocycles. The van der Waals surface area contributed by atoms with Crippen molar-refractivity contribution in [2.75, 3.05) is 13.2 Å². The Labute approximate surface area is 116 Å². The summed E-state index contributed by atoms with van der Waals surface area (Å²) < 4.78 is 5.49. The highest BCUT2D eigenvalue weighted by Gasteiger charge is 2.04. The summed E-state index contributed by atoms with van der Waals surface area (Å²) >= 11 is 0. The minimum atomic E-state index is 0.450. The standard InChI is InChI=1S/C15H25N3O/c1-11(2)6-7-19-15-17-10-14(13(5)18-15)9-16-8-12(3)4/h10,12,16H,1,6-9H2,2-5H3. The van der Waals surface area contributed by atoms with Crippen LogP contribution in [-0.2, 0) is 6.54 Å². The van der Waals surface area contributed by atoms with E-state index in [2.05, 4.69) is 35.7 Å². The molecule has 19 heavy (non-hydrogen) atoms. The summed E-state index contributed by atoms with van der Waals surface area (Å²) in [6.45, 7) is 14.6. The number of aryl methyl sites for hydroxylation is 1. The molecule has 0 spiro atoms. The van der Waals surface area contributed by atoms with E-state index < -0.39 is 0 Å². The van der Waals surface area contributed by atoms with E-state index in [1.807, 2.05) is 20.0 Å². The molecule has 4 nitrogen and oxygen atoms in total. The Morgan fingerprint density at radius 3 is 2.79 bits per heavy atom. The number of ether oxygens (including phenoxy) is 1. The van der Waals surface area contributed by atoms with Crippen LogP contribution in [0.5, 0.6) is 6.01 Å². The summed E-state index contributed by atoms with van der Waals surface area (Å²) in [6, 6.07) is 0.450. The van der Waals surface area contributed by atoms with Gasteiger partial charge >= 0.3 is 6.01 Å². The van der Waals surface area contributed by atoms with Gasteiger partial charge in [0.15, 0.2) is 0 Å². The van der Waals surface area contributed by atoms with Crippen LogP contribution in [0.15, 0.2) is 18.3 Å². The molecule has 1 N–H and O–H groups in total. The molecule has 0 amide bonds. The van der Waals surface area contributed by atoms with Crippen LogP contribution in [0.2, 0.25) is 0 Å². The zero-order valence-corrected chi connectivity index (χ0v) is 12.5. The lowest BCUT2D eigenvalue weighted by Gasteiger charge is -2.10. The summed E-state index contributed by atoms with van der Waals surface area (Å²) in [5.74, 6) is 0.644. The highest BCUT2D eigenvalue weighted by Crippen LogP contribution is 2.09. The first-order valence-electron chi connectivity index (χ1n) is 6.79. The van der Waals surface area contributed by atoms with Crippen LogP contribution in [0.4, 0.5) is 0 Å². The Balaban J connectivity index is 2.47. The maximum absolute atomic E-state index is 5.49. The number of nitrogens with one attached hydrogen (secondary N) is 1. The SMILES string of the molecule is C=C(C)CCOc1ncc(CNCC(C)C)c(C)n1. The van der Waals surface area contributed by atoms with Gasteiger partial charge in [-0.1, -0.05) is 19.4 Å². The number of hydrogen-bond donors (Lipinski definition) is 1. The monoisotopic (exact) mass is 263 g/mol. The van der Waals surface area contributed by atoms with Crippen molar-refractivity contribution in [1.82, 2.24) is 15.3 Å². The molecular weight excluding hydrogens is 238 g/mol. The second-order valence-corrected chi connectivity index (χ2v) is 5.34. The topological polar surface area (TPSA) is 47.0 Å². The molecule has 0 aromatic carbocycles. The Morgan fingerprint density at radius 2 is 2.21 bits per heavy atom. The minimum Gasteiger partial charge on any atom is -0.463 e. The van der Waals surface area contributed by atoms with Crippen LogP contribution >= 0.6 is 0 Å². The number of hydrogen-bond acceptors (Lipinski definition) is 4. The molecule has 106 valence electrons. The molecule has 0 aliphatic carbocycles. The summed E-state index contributed by atoms with van der Waals surface area (Å²) in [6.07, 6.45) is 2.67. The van der Waals surface area contributed by atoms with Crippen LogP contribution in [0.25, 0.3) is 0 Å². The van der Waals surface area contributed by atoms with Gasteiger partial charge in [-0.05, 0) is 26.3 Å². The van der Waals surface area contributed by atoms with Crippen LogP contribution in [0.3, 0.4) is 0 Å². The minimum absolute atomic E-state index is 0.450. The largest absolute Gasteiger partial charge is 0.463 e. The molecule has 4 heteroatoms. The maximum Gasteiger partial charge on any atom is 0.316 e. The van der Waals surface area contributed by atoms with Crippen molar-refractivity contribution in [3.63, 3.8) is 0 Å². The fourth-order valence-electron chi connectivity index (χ4n) is 1.53. The van der Waals surface area contributed by atoms with Crippen molar-refractivity contribution in [3.05, 3.63) is 29.6 Å². The second kappa shape index (κ2) is 7.89. The lowest BCUT2D eigenvalue weighted by molar-refractivity contribution is 0.295. The first-order chi connectivity index (χ1) is 8.99. The van der Waals surface area contributed by atoms with E-state index in [1.54, 1.807) is 0 Å². The third kappa shape index (κ3) is 6.34. The Bertz CT molecular complexity index is 416. The van der Waals surface area contributed by atoms with E-state index in [0.717, 1.165) is 36.3 Å². The Kier molecular flexibility index (Phi) is 6.50. The summed E-state index contributed by atoms with van der Waals surface area (Å²) in [7, 11) is 0. The Morgan fingerprint density at radius 1 is 1.47 bits per heavy atom. The third-order valence-corrected chi connectivity index (χ3v) is 2.69. The van der Waals surface area contributed by atoms with Gasteiger partial charge in [-0.2, -0.15) is 0 Å². The highest BCUT2D eigenvalue weighted by molar-refractivity contribution is 5.17. The zero-order chi connectivity index (χ0) is 14.3. The van der Waals surface area contributed by atoms with Crippen LogP contribution < -0.4 is 10.1 Å². The molecule has 1 aromatic heterocycles. The van der Waals surface area contributed by atoms with Crippen molar-refractivity contribution in [2.45, 2.75) is 40.7 Å². The van der Waals surface area contributed by atoms with E-state index in [-0.39, 0.29) is 0 Å². The fourth-order valence-corrected chi connectivity index (χ4v) is 1.53. The first kappa shape index (κ1) is 15.6. The number of aromatic nitrogens is 2. The van der Waals surface area contributed by atoms with Crippen molar-refractivity contribution < 1.29 is 4.74 Å². The molecule has 0 fully saturated rings. The summed E-state index contributed by atoms with van der Waals surface area (Å²) in [5.41, 5.74) is 3.19. The van der Waals surface area contributed by atoms with E-state index in [9.17, 15) is 0 Å². The normalized spacial score (nSPS) is 10.8. The predicted molar refractivity (Wildman–Crippen MR) is 78.2 cm³/mol. The van der Waals surface area contributed by atoms with Crippen molar-refractivity contribution in [1.29, 1.82) is 0 Å². The zero-order valence-electron chi connectivity index (χ0n) is 12.5. The first-order valence-corrected chi connectivity index (χ1v) is 6.79. The van der Waals surface area contributed by atoms with E-state index >= 15 is 0 Å². The maximum atomic E-state index is 5.49. The molecule has 0 bridgehead atoms. The average Bonchev–Trinajstić information content (AvgIpc) is 2.31. The molecule has 0 aliphatic rings.